The van der Waals surface area contributed by atoms with E-state index >= 15 is 0 Å². The lowest BCUT2D eigenvalue weighted by Gasteiger charge is -2.65. The number of ether oxygens (including phenoxy) is 4. The number of esters is 2. The second-order valence-corrected chi connectivity index (χ2v) is 10.8. The van der Waals surface area contributed by atoms with E-state index in [0.717, 1.165) is 32.1 Å². The van der Waals surface area contributed by atoms with Crippen molar-refractivity contribution < 1.29 is 28.5 Å². The van der Waals surface area contributed by atoms with Gasteiger partial charge >= 0.3 is 11.9 Å². The van der Waals surface area contributed by atoms with Crippen LogP contribution in [0.3, 0.4) is 0 Å². The number of cyclic esters (lactones) is 1. The summed E-state index contributed by atoms with van der Waals surface area (Å²) in [5, 5.41) is 0. The van der Waals surface area contributed by atoms with Crippen LogP contribution in [0.1, 0.15) is 79.6 Å². The number of methoxy groups -OCH3 is 1. The Labute approximate surface area is 174 Å². The molecule has 2 aliphatic heterocycles. The number of carbonyl (C=O) groups excluding carboxylic acids is 2. The SMILES string of the molecule is COC1C[C@]2(CC[C@@]3(O2)[C@H](C)C[C@@H](OC(C)=O)[C@H]2C(C)(C)CCC[C@@]23C)C(=O)O1. The minimum atomic E-state index is -0.904. The molecule has 0 N–H and O–H groups in total. The van der Waals surface area contributed by atoms with E-state index in [1.54, 1.807) is 7.11 Å². The van der Waals surface area contributed by atoms with Gasteiger partial charge in [0.25, 0.3) is 0 Å². The molecule has 0 radical (unpaired) electrons. The van der Waals surface area contributed by atoms with Crippen molar-refractivity contribution in [3.63, 3.8) is 0 Å². The second kappa shape index (κ2) is 6.68. The highest BCUT2D eigenvalue weighted by Crippen LogP contribution is 2.68. The van der Waals surface area contributed by atoms with E-state index in [0.29, 0.717) is 12.8 Å². The first-order valence-corrected chi connectivity index (χ1v) is 11.1. The van der Waals surface area contributed by atoms with Crippen molar-refractivity contribution in [2.75, 3.05) is 7.11 Å². The Morgan fingerprint density at radius 2 is 1.86 bits per heavy atom. The first-order valence-electron chi connectivity index (χ1n) is 11.1. The van der Waals surface area contributed by atoms with Crippen molar-refractivity contribution >= 4 is 11.9 Å². The van der Waals surface area contributed by atoms with Crippen LogP contribution in [0, 0.1) is 22.7 Å². The van der Waals surface area contributed by atoms with Gasteiger partial charge in [-0.15, -0.1) is 0 Å². The van der Waals surface area contributed by atoms with Gasteiger partial charge in [0.1, 0.15) is 6.10 Å². The van der Waals surface area contributed by atoms with E-state index in [1.807, 2.05) is 0 Å². The van der Waals surface area contributed by atoms with Crippen LogP contribution >= 0.6 is 0 Å². The number of carbonyl (C=O) groups is 2. The van der Waals surface area contributed by atoms with Gasteiger partial charge in [-0.05, 0) is 43.4 Å². The molecular weight excluding hydrogens is 372 g/mol. The summed E-state index contributed by atoms with van der Waals surface area (Å²) in [6.45, 7) is 10.6. The van der Waals surface area contributed by atoms with Crippen molar-refractivity contribution in [1.29, 1.82) is 0 Å². The monoisotopic (exact) mass is 408 g/mol. The van der Waals surface area contributed by atoms with Crippen LogP contribution in [0.15, 0.2) is 0 Å². The van der Waals surface area contributed by atoms with Gasteiger partial charge in [-0.2, -0.15) is 0 Å². The average molecular weight is 409 g/mol. The fourth-order valence-corrected chi connectivity index (χ4v) is 7.67. The number of hydrogen-bond acceptors (Lipinski definition) is 6. The lowest BCUT2D eigenvalue weighted by molar-refractivity contribution is -0.270. The van der Waals surface area contributed by atoms with Gasteiger partial charge in [-0.3, -0.25) is 4.79 Å². The molecule has 2 saturated heterocycles. The molecule has 0 bridgehead atoms. The third kappa shape index (κ3) is 2.88. The van der Waals surface area contributed by atoms with E-state index in [-0.39, 0.29) is 40.7 Å². The molecule has 4 fully saturated rings. The topological polar surface area (TPSA) is 71.1 Å². The normalized spacial score (nSPS) is 48.6. The lowest BCUT2D eigenvalue weighted by Crippen LogP contribution is -2.67. The zero-order valence-corrected chi connectivity index (χ0v) is 18.7. The predicted octanol–water partition coefficient (Wildman–Crippen LogP) is 4.00. The van der Waals surface area contributed by atoms with Crippen LogP contribution in [-0.2, 0) is 28.5 Å². The molecule has 6 nitrogen and oxygen atoms in total. The molecule has 164 valence electrons. The Bertz CT molecular complexity index is 703. The van der Waals surface area contributed by atoms with Crippen LogP contribution in [0.2, 0.25) is 0 Å². The van der Waals surface area contributed by atoms with E-state index < -0.39 is 17.5 Å². The highest BCUT2D eigenvalue weighted by atomic mass is 16.7. The van der Waals surface area contributed by atoms with Gasteiger partial charge in [-0.1, -0.05) is 34.1 Å². The van der Waals surface area contributed by atoms with Crippen LogP contribution in [0.5, 0.6) is 0 Å². The molecule has 0 aromatic carbocycles. The zero-order valence-electron chi connectivity index (χ0n) is 18.7. The maximum atomic E-state index is 12.8. The van der Waals surface area contributed by atoms with E-state index in [9.17, 15) is 9.59 Å². The summed E-state index contributed by atoms with van der Waals surface area (Å²) >= 11 is 0. The van der Waals surface area contributed by atoms with Gasteiger partial charge in [-0.25, -0.2) is 4.79 Å². The van der Waals surface area contributed by atoms with Crippen LogP contribution < -0.4 is 0 Å². The minimum absolute atomic E-state index is 0.0324. The Morgan fingerprint density at radius 3 is 2.48 bits per heavy atom. The molecule has 2 heterocycles. The predicted molar refractivity (Wildman–Crippen MR) is 106 cm³/mol. The standard InChI is InChI=1S/C23H36O6/c1-14-12-16(27-15(2)24)18-20(3,4)8-7-9-21(18,5)23(14)11-10-22(29-23)13-17(26-6)28-19(22)25/h14,16-18H,7-13H2,1-6H3/t14-,16-,17?,18+,21+,22-,23-/m1/s1. The van der Waals surface area contributed by atoms with Crippen LogP contribution in [0.4, 0.5) is 0 Å². The Kier molecular flexibility index (Phi) is 4.86. The Hall–Kier alpha value is -1.14. The first kappa shape index (κ1) is 21.1. The molecular formula is C23H36O6. The lowest BCUT2D eigenvalue weighted by atomic mass is 9.43. The van der Waals surface area contributed by atoms with E-state index in [2.05, 4.69) is 27.7 Å². The summed E-state index contributed by atoms with van der Waals surface area (Å²) in [6, 6.07) is 0. The minimum Gasteiger partial charge on any atom is -0.462 e. The fraction of sp³-hybridized carbons (Fsp3) is 0.913. The summed E-state index contributed by atoms with van der Waals surface area (Å²) in [7, 11) is 1.57. The first-order chi connectivity index (χ1) is 13.5. The zero-order chi connectivity index (χ0) is 21.2. The van der Waals surface area contributed by atoms with Crippen molar-refractivity contribution in [1.82, 2.24) is 0 Å². The van der Waals surface area contributed by atoms with Crippen LogP contribution in [0.25, 0.3) is 0 Å². The largest absolute Gasteiger partial charge is 0.462 e. The molecule has 6 heteroatoms. The Morgan fingerprint density at radius 1 is 1.14 bits per heavy atom. The average Bonchev–Trinajstić information content (AvgIpc) is 3.15. The smallest absolute Gasteiger partial charge is 0.340 e. The number of rotatable bonds is 2. The molecule has 2 spiro atoms. The maximum absolute atomic E-state index is 12.8. The van der Waals surface area contributed by atoms with Crippen molar-refractivity contribution in [2.45, 2.75) is 103 Å². The summed E-state index contributed by atoms with van der Waals surface area (Å²) < 4.78 is 23.6. The summed E-state index contributed by atoms with van der Waals surface area (Å²) in [5.74, 6) is -0.135. The molecule has 0 amide bonds. The van der Waals surface area contributed by atoms with Gasteiger partial charge in [0.2, 0.25) is 6.29 Å². The third-order valence-electron chi connectivity index (χ3n) is 8.73. The van der Waals surface area contributed by atoms with E-state index in [1.165, 1.54) is 6.92 Å². The van der Waals surface area contributed by atoms with Gasteiger partial charge in [0, 0.05) is 25.4 Å². The molecule has 2 aliphatic carbocycles. The van der Waals surface area contributed by atoms with Gasteiger partial charge in [0.15, 0.2) is 5.60 Å². The van der Waals surface area contributed by atoms with Crippen molar-refractivity contribution in [3.8, 4) is 0 Å². The van der Waals surface area contributed by atoms with E-state index in [4.69, 9.17) is 18.9 Å². The molecule has 29 heavy (non-hydrogen) atoms. The molecule has 0 aromatic heterocycles. The maximum Gasteiger partial charge on any atom is 0.340 e. The third-order valence-corrected chi connectivity index (χ3v) is 8.73. The molecule has 2 saturated carbocycles. The van der Waals surface area contributed by atoms with Crippen LogP contribution in [-0.4, -0.2) is 42.6 Å². The molecule has 1 unspecified atom stereocenters. The molecule has 0 aromatic rings. The quantitative estimate of drug-likeness (QED) is 0.643. The summed E-state index contributed by atoms with van der Waals surface area (Å²) in [4.78, 5) is 24.7. The summed E-state index contributed by atoms with van der Waals surface area (Å²) in [6.07, 6.45) is 5.30. The molecule has 4 aliphatic rings. The highest BCUT2D eigenvalue weighted by Gasteiger charge is 2.72. The van der Waals surface area contributed by atoms with Gasteiger partial charge < -0.3 is 18.9 Å². The Balaban J connectivity index is 1.75. The molecule has 7 atom stereocenters. The fourth-order valence-electron chi connectivity index (χ4n) is 7.67. The second-order valence-electron chi connectivity index (χ2n) is 10.8. The van der Waals surface area contributed by atoms with Crippen molar-refractivity contribution in [3.05, 3.63) is 0 Å². The summed E-state index contributed by atoms with van der Waals surface area (Å²) in [5.41, 5.74) is -1.47. The number of fused-ring (bicyclic) bond motifs is 2. The highest BCUT2D eigenvalue weighted by molar-refractivity contribution is 5.82. The molecule has 4 rings (SSSR count). The number of hydrogen-bond donors (Lipinski definition) is 0. The van der Waals surface area contributed by atoms with Gasteiger partial charge in [0.05, 0.1) is 12.0 Å². The van der Waals surface area contributed by atoms with Crippen molar-refractivity contribution in [2.24, 2.45) is 22.7 Å².